The summed E-state index contributed by atoms with van der Waals surface area (Å²) in [7, 11) is 0. The second kappa shape index (κ2) is 5.26. The highest BCUT2D eigenvalue weighted by Gasteiger charge is 2.21. The standard InChI is InChI=1S/C14H19NO/c1-11-4-6-12(7-5-11)8-9-14(16)13-3-2-10-15-13/h4-7,13,15H,2-3,8-10H2,1H3. The smallest absolute Gasteiger partial charge is 0.150 e. The van der Waals surface area contributed by atoms with Gasteiger partial charge in [-0.3, -0.25) is 4.79 Å². The third-order valence-corrected chi connectivity index (χ3v) is 3.23. The molecule has 1 aliphatic rings. The molecule has 1 atom stereocenters. The largest absolute Gasteiger partial charge is 0.307 e. The van der Waals surface area contributed by atoms with E-state index >= 15 is 0 Å². The van der Waals surface area contributed by atoms with Gasteiger partial charge in [0, 0.05) is 6.42 Å². The molecule has 0 saturated carbocycles. The summed E-state index contributed by atoms with van der Waals surface area (Å²) in [4.78, 5) is 11.8. The first-order valence-electron chi connectivity index (χ1n) is 6.07. The maximum atomic E-state index is 11.8. The molecule has 1 aromatic rings. The maximum absolute atomic E-state index is 11.8. The quantitative estimate of drug-likeness (QED) is 0.838. The van der Waals surface area contributed by atoms with Crippen LogP contribution in [0.25, 0.3) is 0 Å². The molecule has 2 nitrogen and oxygen atoms in total. The van der Waals surface area contributed by atoms with Crippen molar-refractivity contribution in [1.82, 2.24) is 5.32 Å². The van der Waals surface area contributed by atoms with Gasteiger partial charge in [0.1, 0.15) is 5.78 Å². The Bertz CT molecular complexity index is 350. The van der Waals surface area contributed by atoms with Crippen molar-refractivity contribution in [2.75, 3.05) is 6.54 Å². The molecule has 0 amide bonds. The van der Waals surface area contributed by atoms with E-state index in [1.165, 1.54) is 11.1 Å². The minimum absolute atomic E-state index is 0.130. The number of hydrogen-bond acceptors (Lipinski definition) is 2. The van der Waals surface area contributed by atoms with Gasteiger partial charge >= 0.3 is 0 Å². The van der Waals surface area contributed by atoms with Gasteiger partial charge < -0.3 is 5.32 Å². The number of nitrogens with one attached hydrogen (secondary N) is 1. The average molecular weight is 217 g/mol. The predicted molar refractivity (Wildman–Crippen MR) is 65.5 cm³/mol. The van der Waals surface area contributed by atoms with E-state index in [4.69, 9.17) is 0 Å². The second-order valence-electron chi connectivity index (χ2n) is 4.60. The molecule has 2 heteroatoms. The number of carbonyl (C=O) groups is 1. The highest BCUT2D eigenvalue weighted by Crippen LogP contribution is 2.11. The summed E-state index contributed by atoms with van der Waals surface area (Å²) in [5.74, 6) is 0.373. The first kappa shape index (κ1) is 11.3. The highest BCUT2D eigenvalue weighted by atomic mass is 16.1. The molecule has 1 unspecified atom stereocenters. The van der Waals surface area contributed by atoms with Gasteiger partial charge in [-0.15, -0.1) is 0 Å². The predicted octanol–water partition coefficient (Wildman–Crippen LogP) is 2.25. The number of Topliss-reactive ketones (excluding diaryl/α,β-unsaturated/α-hetero) is 1. The summed E-state index contributed by atoms with van der Waals surface area (Å²) in [5.41, 5.74) is 2.53. The van der Waals surface area contributed by atoms with Crippen molar-refractivity contribution in [3.05, 3.63) is 35.4 Å². The zero-order valence-electron chi connectivity index (χ0n) is 9.83. The first-order chi connectivity index (χ1) is 7.75. The van der Waals surface area contributed by atoms with E-state index in [9.17, 15) is 4.79 Å². The maximum Gasteiger partial charge on any atom is 0.150 e. The molecule has 1 saturated heterocycles. The van der Waals surface area contributed by atoms with Crippen molar-refractivity contribution >= 4 is 5.78 Å². The Labute approximate surface area is 97.1 Å². The van der Waals surface area contributed by atoms with Crippen LogP contribution in [0.2, 0.25) is 0 Å². The molecule has 16 heavy (non-hydrogen) atoms. The lowest BCUT2D eigenvalue weighted by Gasteiger charge is -2.08. The zero-order chi connectivity index (χ0) is 11.4. The van der Waals surface area contributed by atoms with Crippen LogP contribution in [0.3, 0.4) is 0 Å². The van der Waals surface area contributed by atoms with Gasteiger partial charge in [-0.2, -0.15) is 0 Å². The van der Waals surface area contributed by atoms with E-state index in [0.29, 0.717) is 12.2 Å². The van der Waals surface area contributed by atoms with Gasteiger partial charge in [-0.25, -0.2) is 0 Å². The summed E-state index contributed by atoms with van der Waals surface area (Å²) in [6, 6.07) is 8.57. The van der Waals surface area contributed by atoms with Gasteiger partial charge in [0.05, 0.1) is 6.04 Å². The number of ketones is 1. The fourth-order valence-electron chi connectivity index (χ4n) is 2.16. The fourth-order valence-corrected chi connectivity index (χ4v) is 2.16. The van der Waals surface area contributed by atoms with Gasteiger partial charge in [0.15, 0.2) is 0 Å². The van der Waals surface area contributed by atoms with Crippen LogP contribution < -0.4 is 5.32 Å². The van der Waals surface area contributed by atoms with Crippen LogP contribution in [0.15, 0.2) is 24.3 Å². The number of carbonyl (C=O) groups excluding carboxylic acids is 1. The van der Waals surface area contributed by atoms with Gasteiger partial charge in [-0.05, 0) is 38.3 Å². The molecule has 1 aliphatic heterocycles. The van der Waals surface area contributed by atoms with Crippen molar-refractivity contribution in [1.29, 1.82) is 0 Å². The molecule has 0 aromatic heterocycles. The summed E-state index contributed by atoms with van der Waals surface area (Å²) in [6.07, 6.45) is 3.70. The minimum atomic E-state index is 0.130. The van der Waals surface area contributed by atoms with Crippen molar-refractivity contribution in [2.45, 2.75) is 38.6 Å². The Morgan fingerprint density at radius 3 is 2.75 bits per heavy atom. The summed E-state index contributed by atoms with van der Waals surface area (Å²) in [6.45, 7) is 3.08. The Kier molecular flexibility index (Phi) is 3.73. The van der Waals surface area contributed by atoms with E-state index in [1.54, 1.807) is 0 Å². The van der Waals surface area contributed by atoms with Crippen LogP contribution in [-0.2, 0) is 11.2 Å². The Morgan fingerprint density at radius 2 is 2.12 bits per heavy atom. The van der Waals surface area contributed by atoms with Crippen LogP contribution in [0, 0.1) is 6.92 Å². The van der Waals surface area contributed by atoms with Crippen molar-refractivity contribution < 1.29 is 4.79 Å². The van der Waals surface area contributed by atoms with Crippen molar-refractivity contribution in [3.63, 3.8) is 0 Å². The Balaban J connectivity index is 1.82. The summed E-state index contributed by atoms with van der Waals surface area (Å²) >= 11 is 0. The molecule has 1 heterocycles. The van der Waals surface area contributed by atoms with Crippen LogP contribution in [-0.4, -0.2) is 18.4 Å². The molecular formula is C14H19NO. The highest BCUT2D eigenvalue weighted by molar-refractivity contribution is 5.84. The van der Waals surface area contributed by atoms with Gasteiger partial charge in [-0.1, -0.05) is 29.8 Å². The SMILES string of the molecule is Cc1ccc(CCC(=O)C2CCCN2)cc1. The lowest BCUT2D eigenvalue weighted by atomic mass is 10.0. The molecule has 0 spiro atoms. The Hall–Kier alpha value is -1.15. The second-order valence-corrected chi connectivity index (χ2v) is 4.60. The lowest BCUT2D eigenvalue weighted by Crippen LogP contribution is -2.30. The fraction of sp³-hybridized carbons (Fsp3) is 0.500. The molecular weight excluding hydrogens is 198 g/mol. The molecule has 1 fully saturated rings. The lowest BCUT2D eigenvalue weighted by molar-refractivity contribution is -0.120. The Morgan fingerprint density at radius 1 is 1.38 bits per heavy atom. The topological polar surface area (TPSA) is 29.1 Å². The molecule has 0 aliphatic carbocycles. The molecule has 1 N–H and O–H groups in total. The summed E-state index contributed by atoms with van der Waals surface area (Å²) < 4.78 is 0. The van der Waals surface area contributed by atoms with Crippen molar-refractivity contribution in [3.8, 4) is 0 Å². The molecule has 86 valence electrons. The van der Waals surface area contributed by atoms with Gasteiger partial charge in [0.25, 0.3) is 0 Å². The molecule has 2 rings (SSSR count). The van der Waals surface area contributed by atoms with Crippen LogP contribution in [0.5, 0.6) is 0 Å². The average Bonchev–Trinajstić information content (AvgIpc) is 2.81. The molecule has 0 radical (unpaired) electrons. The van der Waals surface area contributed by atoms with Crippen LogP contribution >= 0.6 is 0 Å². The number of rotatable bonds is 4. The van der Waals surface area contributed by atoms with E-state index in [0.717, 1.165) is 25.8 Å². The zero-order valence-corrected chi connectivity index (χ0v) is 9.83. The number of benzene rings is 1. The first-order valence-corrected chi connectivity index (χ1v) is 6.07. The van der Waals surface area contributed by atoms with Crippen LogP contribution in [0.1, 0.15) is 30.4 Å². The number of aryl methyl sites for hydroxylation is 2. The van der Waals surface area contributed by atoms with E-state index < -0.39 is 0 Å². The number of hydrogen-bond donors (Lipinski definition) is 1. The van der Waals surface area contributed by atoms with Crippen molar-refractivity contribution in [2.24, 2.45) is 0 Å². The minimum Gasteiger partial charge on any atom is -0.307 e. The molecule has 0 bridgehead atoms. The monoisotopic (exact) mass is 217 g/mol. The van der Waals surface area contributed by atoms with Crippen LogP contribution in [0.4, 0.5) is 0 Å². The van der Waals surface area contributed by atoms with Gasteiger partial charge in [0.2, 0.25) is 0 Å². The summed E-state index contributed by atoms with van der Waals surface area (Å²) in [5, 5.41) is 3.25. The van der Waals surface area contributed by atoms with E-state index in [-0.39, 0.29) is 6.04 Å². The van der Waals surface area contributed by atoms with E-state index in [2.05, 4.69) is 36.5 Å². The van der Waals surface area contributed by atoms with E-state index in [1.807, 2.05) is 0 Å². The third-order valence-electron chi connectivity index (χ3n) is 3.23. The third kappa shape index (κ3) is 2.92. The normalized spacial score (nSPS) is 19.9. The molecule has 1 aromatic carbocycles.